The molecule has 0 saturated heterocycles. The van der Waals surface area contributed by atoms with Crippen molar-refractivity contribution in [1.82, 2.24) is 0 Å². The number of hydrogen-bond donors (Lipinski definition) is 0. The fraction of sp³-hybridized carbons (Fsp3) is 0.500. The van der Waals surface area contributed by atoms with Gasteiger partial charge in [-0.25, -0.2) is 4.79 Å². The van der Waals surface area contributed by atoms with Crippen molar-refractivity contribution in [1.29, 1.82) is 0 Å². The largest absolute Gasteiger partial charge is 0.460 e. The van der Waals surface area contributed by atoms with Gasteiger partial charge in [0.2, 0.25) is 0 Å². The summed E-state index contributed by atoms with van der Waals surface area (Å²) in [5.41, 5.74) is 0.715. The van der Waals surface area contributed by atoms with E-state index in [1.807, 2.05) is 18.2 Å². The van der Waals surface area contributed by atoms with Crippen molar-refractivity contribution in [3.63, 3.8) is 0 Å². The topological polar surface area (TPSA) is 35.5 Å². The second-order valence-corrected chi connectivity index (χ2v) is 5.12. The Morgan fingerprint density at radius 1 is 1.12 bits per heavy atom. The fourth-order valence-electron chi connectivity index (χ4n) is 1.23. The van der Waals surface area contributed by atoms with Gasteiger partial charge in [0.1, 0.15) is 6.61 Å². The average molecular weight is 236 g/mol. The summed E-state index contributed by atoms with van der Waals surface area (Å²) in [4.78, 5) is 11.5. The van der Waals surface area contributed by atoms with Gasteiger partial charge in [-0.15, -0.1) is 0 Å². The van der Waals surface area contributed by atoms with Crippen LogP contribution < -0.4 is 0 Å². The van der Waals surface area contributed by atoms with Crippen LogP contribution in [0.4, 0.5) is 0 Å². The van der Waals surface area contributed by atoms with Gasteiger partial charge in [0.25, 0.3) is 0 Å². The zero-order chi connectivity index (χ0) is 12.7. The molecule has 0 aliphatic rings. The number of esters is 1. The molecule has 0 saturated carbocycles. The Labute approximate surface area is 103 Å². The molecule has 0 bridgehead atoms. The van der Waals surface area contributed by atoms with E-state index in [-0.39, 0.29) is 11.4 Å². The monoisotopic (exact) mass is 236 g/mol. The van der Waals surface area contributed by atoms with E-state index in [2.05, 4.69) is 20.8 Å². The van der Waals surface area contributed by atoms with Gasteiger partial charge in [-0.2, -0.15) is 0 Å². The minimum atomic E-state index is -0.301. The van der Waals surface area contributed by atoms with Crippen LogP contribution in [0.2, 0.25) is 0 Å². The van der Waals surface area contributed by atoms with Gasteiger partial charge in [-0.1, -0.05) is 39.0 Å². The Balaban J connectivity index is 2.18. The molecule has 0 aliphatic carbocycles. The number of rotatable bonds is 5. The normalized spacial score (nSPS) is 11.2. The van der Waals surface area contributed by atoms with Gasteiger partial charge in [-0.3, -0.25) is 0 Å². The van der Waals surface area contributed by atoms with Crippen molar-refractivity contribution in [2.45, 2.75) is 20.8 Å². The van der Waals surface area contributed by atoms with Crippen molar-refractivity contribution < 1.29 is 14.3 Å². The molecule has 0 aliphatic heterocycles. The van der Waals surface area contributed by atoms with E-state index in [0.29, 0.717) is 25.4 Å². The summed E-state index contributed by atoms with van der Waals surface area (Å²) < 4.78 is 10.5. The lowest BCUT2D eigenvalue weighted by Gasteiger charge is -2.17. The lowest BCUT2D eigenvalue weighted by Crippen LogP contribution is -2.18. The minimum absolute atomic E-state index is 0.142. The molecule has 0 heterocycles. The van der Waals surface area contributed by atoms with E-state index in [1.54, 1.807) is 12.1 Å². The van der Waals surface area contributed by atoms with Crippen LogP contribution in [-0.4, -0.2) is 25.8 Å². The molecule has 0 amide bonds. The van der Waals surface area contributed by atoms with E-state index in [1.165, 1.54) is 0 Å². The van der Waals surface area contributed by atoms with Crippen molar-refractivity contribution in [3.05, 3.63) is 35.9 Å². The second-order valence-electron chi connectivity index (χ2n) is 5.12. The summed E-state index contributed by atoms with van der Waals surface area (Å²) >= 11 is 0. The Morgan fingerprint density at radius 3 is 2.35 bits per heavy atom. The summed E-state index contributed by atoms with van der Waals surface area (Å²) in [6.07, 6.45) is 0. The van der Waals surface area contributed by atoms with Crippen molar-refractivity contribution >= 4 is 5.97 Å². The van der Waals surface area contributed by atoms with Crippen molar-refractivity contribution in [3.8, 4) is 0 Å². The standard InChI is InChI=1S/C14H20O3/c1-14(2,3)11-16-9-10-17-13(15)12-7-5-4-6-8-12/h4-8H,9-11H2,1-3H3. The minimum Gasteiger partial charge on any atom is -0.460 e. The van der Waals surface area contributed by atoms with Crippen molar-refractivity contribution in [2.75, 3.05) is 19.8 Å². The molecule has 1 rings (SSSR count). The van der Waals surface area contributed by atoms with Gasteiger partial charge >= 0.3 is 5.97 Å². The van der Waals surface area contributed by atoms with Crippen LogP contribution in [0, 0.1) is 5.41 Å². The summed E-state index contributed by atoms with van der Waals surface area (Å²) in [6.45, 7) is 7.70. The van der Waals surface area contributed by atoms with Gasteiger partial charge in [0, 0.05) is 0 Å². The first-order chi connectivity index (χ1) is 7.99. The molecular weight excluding hydrogens is 216 g/mol. The molecule has 94 valence electrons. The maximum Gasteiger partial charge on any atom is 0.338 e. The summed E-state index contributed by atoms with van der Waals surface area (Å²) in [5, 5.41) is 0. The summed E-state index contributed by atoms with van der Waals surface area (Å²) in [7, 11) is 0. The van der Waals surface area contributed by atoms with E-state index < -0.39 is 0 Å². The Morgan fingerprint density at radius 2 is 1.76 bits per heavy atom. The van der Waals surface area contributed by atoms with Crippen LogP contribution in [0.3, 0.4) is 0 Å². The SMILES string of the molecule is CC(C)(C)COCCOC(=O)c1ccccc1. The molecular formula is C14H20O3. The molecule has 0 fully saturated rings. The third kappa shape index (κ3) is 6.07. The van der Waals surface area contributed by atoms with E-state index in [0.717, 1.165) is 0 Å². The van der Waals surface area contributed by atoms with Gasteiger partial charge in [-0.05, 0) is 17.5 Å². The van der Waals surface area contributed by atoms with Crippen molar-refractivity contribution in [2.24, 2.45) is 5.41 Å². The van der Waals surface area contributed by atoms with Crippen LogP contribution in [0.5, 0.6) is 0 Å². The number of carbonyl (C=O) groups excluding carboxylic acids is 1. The van der Waals surface area contributed by atoms with Crippen LogP contribution in [0.1, 0.15) is 31.1 Å². The molecule has 0 atom stereocenters. The molecule has 0 aromatic heterocycles. The Kier molecular flexibility index (Phi) is 5.16. The van der Waals surface area contributed by atoms with Crippen LogP contribution in [0.25, 0.3) is 0 Å². The zero-order valence-electron chi connectivity index (χ0n) is 10.7. The quantitative estimate of drug-likeness (QED) is 0.582. The summed E-state index contributed by atoms with van der Waals surface area (Å²) in [6, 6.07) is 8.96. The first kappa shape index (κ1) is 13.7. The highest BCUT2D eigenvalue weighted by Crippen LogP contribution is 2.12. The first-order valence-corrected chi connectivity index (χ1v) is 5.79. The number of ether oxygens (including phenoxy) is 2. The number of benzene rings is 1. The van der Waals surface area contributed by atoms with Gasteiger partial charge in [0.15, 0.2) is 0 Å². The summed E-state index contributed by atoms with van der Waals surface area (Å²) in [5.74, 6) is -0.301. The zero-order valence-corrected chi connectivity index (χ0v) is 10.7. The van der Waals surface area contributed by atoms with Crippen LogP contribution >= 0.6 is 0 Å². The van der Waals surface area contributed by atoms with Crippen LogP contribution in [0.15, 0.2) is 30.3 Å². The first-order valence-electron chi connectivity index (χ1n) is 5.79. The molecule has 3 nitrogen and oxygen atoms in total. The molecule has 0 radical (unpaired) electrons. The molecule has 0 unspecified atom stereocenters. The molecule has 0 N–H and O–H groups in total. The van der Waals surface area contributed by atoms with Gasteiger partial charge in [0.05, 0.1) is 18.8 Å². The van der Waals surface area contributed by atoms with Crippen LogP contribution in [-0.2, 0) is 9.47 Å². The Hall–Kier alpha value is -1.35. The molecule has 3 heteroatoms. The highest BCUT2D eigenvalue weighted by Gasteiger charge is 2.10. The second kappa shape index (κ2) is 6.40. The maximum atomic E-state index is 11.5. The van der Waals surface area contributed by atoms with E-state index in [9.17, 15) is 4.79 Å². The van der Waals surface area contributed by atoms with E-state index in [4.69, 9.17) is 9.47 Å². The fourth-order valence-corrected chi connectivity index (χ4v) is 1.23. The number of carbonyl (C=O) groups is 1. The third-order valence-corrected chi connectivity index (χ3v) is 2.01. The highest BCUT2D eigenvalue weighted by molar-refractivity contribution is 5.89. The average Bonchev–Trinajstić information content (AvgIpc) is 2.28. The lowest BCUT2D eigenvalue weighted by atomic mass is 9.99. The Bertz CT molecular complexity index is 338. The third-order valence-electron chi connectivity index (χ3n) is 2.01. The smallest absolute Gasteiger partial charge is 0.338 e. The maximum absolute atomic E-state index is 11.5. The van der Waals surface area contributed by atoms with E-state index >= 15 is 0 Å². The predicted octanol–water partition coefficient (Wildman–Crippen LogP) is 2.91. The predicted molar refractivity (Wildman–Crippen MR) is 67.0 cm³/mol. The molecule has 1 aromatic rings. The van der Waals surface area contributed by atoms with Gasteiger partial charge < -0.3 is 9.47 Å². The lowest BCUT2D eigenvalue weighted by molar-refractivity contribution is 0.0179. The molecule has 0 spiro atoms. The highest BCUT2D eigenvalue weighted by atomic mass is 16.6. The number of hydrogen-bond acceptors (Lipinski definition) is 3. The molecule has 1 aromatic carbocycles. The molecule has 17 heavy (non-hydrogen) atoms.